The predicted molar refractivity (Wildman–Crippen MR) is 112 cm³/mol. The van der Waals surface area contributed by atoms with E-state index in [2.05, 4.69) is 10.5 Å². The largest absolute Gasteiger partial charge is 0.496 e. The van der Waals surface area contributed by atoms with Gasteiger partial charge in [-0.05, 0) is 35.0 Å². The first-order valence-electron chi connectivity index (χ1n) is 8.82. The summed E-state index contributed by atoms with van der Waals surface area (Å²) in [6, 6.07) is 19.5. The van der Waals surface area contributed by atoms with Gasteiger partial charge in [-0.15, -0.1) is 0 Å². The molecule has 0 aliphatic carbocycles. The van der Waals surface area contributed by atoms with Crippen molar-refractivity contribution in [3.63, 3.8) is 0 Å². The molecule has 7 nitrogen and oxygen atoms in total. The molecule has 0 saturated carbocycles. The highest BCUT2D eigenvalue weighted by Crippen LogP contribution is 2.21. The van der Waals surface area contributed by atoms with E-state index in [0.717, 1.165) is 15.1 Å². The molecule has 29 heavy (non-hydrogen) atoms. The third-order valence-electron chi connectivity index (χ3n) is 4.33. The molecule has 0 heterocycles. The summed E-state index contributed by atoms with van der Waals surface area (Å²) in [6.45, 7) is -0.363. The number of para-hydroxylation sites is 1. The maximum absolute atomic E-state index is 12.8. The van der Waals surface area contributed by atoms with Crippen LogP contribution in [0, 0.1) is 0 Å². The van der Waals surface area contributed by atoms with Crippen LogP contribution in [0.3, 0.4) is 0 Å². The van der Waals surface area contributed by atoms with Gasteiger partial charge in [-0.25, -0.2) is 13.8 Å². The lowest BCUT2D eigenvalue weighted by Gasteiger charge is -2.16. The van der Waals surface area contributed by atoms with Crippen LogP contribution in [0.2, 0.25) is 0 Å². The van der Waals surface area contributed by atoms with Crippen molar-refractivity contribution in [2.45, 2.75) is 4.90 Å². The van der Waals surface area contributed by atoms with E-state index >= 15 is 0 Å². The fourth-order valence-corrected chi connectivity index (χ4v) is 3.94. The molecule has 0 aromatic heterocycles. The number of fused-ring (bicyclic) bond motifs is 1. The average molecular weight is 411 g/mol. The zero-order chi connectivity index (χ0) is 20.9. The van der Waals surface area contributed by atoms with Crippen molar-refractivity contribution >= 4 is 32.9 Å². The lowest BCUT2D eigenvalue weighted by molar-refractivity contribution is -0.121. The lowest BCUT2D eigenvalue weighted by Crippen LogP contribution is -2.36. The van der Waals surface area contributed by atoms with E-state index in [0.29, 0.717) is 11.3 Å². The maximum atomic E-state index is 12.8. The molecular weight excluding hydrogens is 390 g/mol. The smallest absolute Gasteiger partial charge is 0.255 e. The molecule has 3 rings (SSSR count). The number of nitrogens with zero attached hydrogens (tertiary/aromatic N) is 2. The van der Waals surface area contributed by atoms with Crippen LogP contribution in [0.1, 0.15) is 5.56 Å². The van der Waals surface area contributed by atoms with Gasteiger partial charge in [0.05, 0.1) is 24.8 Å². The van der Waals surface area contributed by atoms with Crippen molar-refractivity contribution in [3.8, 4) is 5.75 Å². The molecule has 3 aromatic carbocycles. The summed E-state index contributed by atoms with van der Waals surface area (Å²) in [4.78, 5) is 12.3. The quantitative estimate of drug-likeness (QED) is 0.478. The Balaban J connectivity index is 1.67. The van der Waals surface area contributed by atoms with Crippen molar-refractivity contribution in [1.82, 2.24) is 9.73 Å². The minimum absolute atomic E-state index is 0.129. The molecule has 0 unspecified atom stereocenters. The number of hydrazone groups is 1. The Morgan fingerprint density at radius 2 is 1.76 bits per heavy atom. The second-order valence-corrected chi connectivity index (χ2v) is 8.35. The Labute approximate surface area is 169 Å². The van der Waals surface area contributed by atoms with Crippen LogP contribution in [-0.4, -0.2) is 45.5 Å². The van der Waals surface area contributed by atoms with E-state index in [4.69, 9.17) is 4.74 Å². The molecule has 0 aliphatic rings. The molecule has 150 valence electrons. The fraction of sp³-hybridized carbons (Fsp3) is 0.143. The van der Waals surface area contributed by atoms with Gasteiger partial charge in [-0.1, -0.05) is 42.5 Å². The second-order valence-electron chi connectivity index (χ2n) is 6.31. The van der Waals surface area contributed by atoms with Gasteiger partial charge in [0, 0.05) is 12.6 Å². The molecule has 0 radical (unpaired) electrons. The first kappa shape index (κ1) is 20.5. The van der Waals surface area contributed by atoms with E-state index in [1.54, 1.807) is 24.3 Å². The SMILES string of the molecule is COc1ccccc1/C=N/NC(=O)CN(C)S(=O)(=O)c1ccc2ccccc2c1. The van der Waals surface area contributed by atoms with Crippen LogP contribution in [0.5, 0.6) is 5.75 Å². The van der Waals surface area contributed by atoms with Gasteiger partial charge in [0.25, 0.3) is 5.91 Å². The van der Waals surface area contributed by atoms with E-state index < -0.39 is 15.9 Å². The maximum Gasteiger partial charge on any atom is 0.255 e. The summed E-state index contributed by atoms with van der Waals surface area (Å²) in [6.07, 6.45) is 1.44. The number of methoxy groups -OCH3 is 1. The number of likely N-dealkylation sites (N-methyl/N-ethyl adjacent to an activating group) is 1. The first-order valence-corrected chi connectivity index (χ1v) is 10.3. The van der Waals surface area contributed by atoms with Crippen LogP contribution < -0.4 is 10.2 Å². The molecule has 1 N–H and O–H groups in total. The number of benzene rings is 3. The number of carbonyl (C=O) groups excluding carboxylic acids is 1. The van der Waals surface area contributed by atoms with Gasteiger partial charge in [0.2, 0.25) is 10.0 Å². The molecule has 0 spiro atoms. The Bertz CT molecular complexity index is 1160. The number of carbonyl (C=O) groups is 1. The summed E-state index contributed by atoms with van der Waals surface area (Å²) in [7, 11) is -0.918. The third-order valence-corrected chi connectivity index (χ3v) is 6.13. The Hall–Kier alpha value is -3.23. The summed E-state index contributed by atoms with van der Waals surface area (Å²) in [5.41, 5.74) is 3.02. The molecule has 0 bridgehead atoms. The Morgan fingerprint density at radius 3 is 2.52 bits per heavy atom. The van der Waals surface area contributed by atoms with Gasteiger partial charge >= 0.3 is 0 Å². The van der Waals surface area contributed by atoms with Gasteiger partial charge < -0.3 is 4.74 Å². The van der Waals surface area contributed by atoms with Crippen molar-refractivity contribution in [2.24, 2.45) is 5.10 Å². The van der Waals surface area contributed by atoms with E-state index in [9.17, 15) is 13.2 Å². The van der Waals surface area contributed by atoms with Crippen LogP contribution in [0.15, 0.2) is 76.7 Å². The van der Waals surface area contributed by atoms with Crippen LogP contribution in [0.4, 0.5) is 0 Å². The monoisotopic (exact) mass is 411 g/mol. The zero-order valence-corrected chi connectivity index (χ0v) is 16.9. The minimum atomic E-state index is -3.81. The van der Waals surface area contributed by atoms with Gasteiger partial charge in [-0.3, -0.25) is 4.79 Å². The molecule has 0 atom stereocenters. The van der Waals surface area contributed by atoms with Crippen molar-refractivity contribution in [3.05, 3.63) is 72.3 Å². The van der Waals surface area contributed by atoms with Gasteiger partial charge in [-0.2, -0.15) is 9.41 Å². The number of hydrogen-bond donors (Lipinski definition) is 1. The molecule has 0 fully saturated rings. The normalized spacial score (nSPS) is 11.8. The highest BCUT2D eigenvalue weighted by molar-refractivity contribution is 7.89. The molecule has 8 heteroatoms. The average Bonchev–Trinajstić information content (AvgIpc) is 2.73. The highest BCUT2D eigenvalue weighted by atomic mass is 32.2. The van der Waals surface area contributed by atoms with Crippen molar-refractivity contribution < 1.29 is 17.9 Å². The van der Waals surface area contributed by atoms with E-state index in [1.807, 2.05) is 36.4 Å². The Morgan fingerprint density at radius 1 is 1.07 bits per heavy atom. The third kappa shape index (κ3) is 4.79. The molecule has 0 saturated heterocycles. The number of hydrogen-bond acceptors (Lipinski definition) is 5. The topological polar surface area (TPSA) is 88.1 Å². The minimum Gasteiger partial charge on any atom is -0.496 e. The van der Waals surface area contributed by atoms with E-state index in [-0.39, 0.29) is 11.4 Å². The molecular formula is C21H21N3O4S. The summed E-state index contributed by atoms with van der Waals surface area (Å²) < 4.78 is 31.8. The van der Waals surface area contributed by atoms with Crippen molar-refractivity contribution in [2.75, 3.05) is 20.7 Å². The number of amides is 1. The van der Waals surface area contributed by atoms with Crippen LogP contribution >= 0.6 is 0 Å². The summed E-state index contributed by atoms with van der Waals surface area (Å²) >= 11 is 0. The summed E-state index contributed by atoms with van der Waals surface area (Å²) in [5, 5.41) is 5.63. The summed E-state index contributed by atoms with van der Waals surface area (Å²) in [5.74, 6) is 0.0597. The van der Waals surface area contributed by atoms with Crippen LogP contribution in [-0.2, 0) is 14.8 Å². The molecule has 3 aromatic rings. The Kier molecular flexibility index (Phi) is 6.26. The number of rotatable bonds is 7. The number of sulfonamides is 1. The van der Waals surface area contributed by atoms with Gasteiger partial charge in [0.15, 0.2) is 0 Å². The lowest BCUT2D eigenvalue weighted by atomic mass is 10.1. The number of ether oxygens (including phenoxy) is 1. The zero-order valence-electron chi connectivity index (χ0n) is 16.1. The van der Waals surface area contributed by atoms with Gasteiger partial charge in [0.1, 0.15) is 5.75 Å². The van der Waals surface area contributed by atoms with Crippen LogP contribution in [0.25, 0.3) is 10.8 Å². The number of nitrogens with one attached hydrogen (secondary N) is 1. The highest BCUT2D eigenvalue weighted by Gasteiger charge is 2.23. The molecule has 0 aliphatic heterocycles. The van der Waals surface area contributed by atoms with E-state index in [1.165, 1.54) is 26.4 Å². The van der Waals surface area contributed by atoms with Crippen molar-refractivity contribution in [1.29, 1.82) is 0 Å². The fourth-order valence-electron chi connectivity index (χ4n) is 2.78. The first-order chi connectivity index (χ1) is 13.9. The second kappa shape index (κ2) is 8.85. The predicted octanol–water partition coefficient (Wildman–Crippen LogP) is 2.62. The standard InChI is InChI=1S/C21H21N3O4S/c1-24(15-21(25)23-22-14-18-9-5-6-10-20(18)28-2)29(26,27)19-12-11-16-7-3-4-8-17(16)13-19/h3-14H,15H2,1-2H3,(H,23,25)/b22-14+. The molecule has 1 amide bonds.